The van der Waals surface area contributed by atoms with Crippen LogP contribution in [0.5, 0.6) is 0 Å². The normalized spacial score (nSPS) is 15.0. The van der Waals surface area contributed by atoms with Crippen molar-refractivity contribution in [2.75, 3.05) is 7.05 Å². The molecule has 0 saturated carbocycles. The predicted molar refractivity (Wildman–Crippen MR) is 68.8 cm³/mol. The number of likely N-dealkylation sites (N-methyl/N-ethyl adjacent to an activating group) is 1. The van der Waals surface area contributed by atoms with Gasteiger partial charge in [0.1, 0.15) is 0 Å². The molecule has 85 valence electrons. The Morgan fingerprint density at radius 1 is 1.24 bits per heavy atom. The second-order valence-electron chi connectivity index (χ2n) is 3.83. The van der Waals surface area contributed by atoms with Gasteiger partial charge in [0.15, 0.2) is 0 Å². The molecule has 1 aliphatic rings. The maximum Gasteiger partial charge on any atom is 0.0385 e. The largest absolute Gasteiger partial charge is 0.378 e. The van der Waals surface area contributed by atoms with Crippen LogP contribution >= 0.6 is 11.6 Å². The molecule has 0 spiro atoms. The molecular weight excluding hydrogens is 307 g/mol. The number of hydrogen-bond acceptors (Lipinski definition) is 1. The van der Waals surface area contributed by atoms with Gasteiger partial charge in [-0.3, -0.25) is 0 Å². The quantitative estimate of drug-likeness (QED) is 0.710. The predicted octanol–water partition coefficient (Wildman–Crippen LogP) is 3.89. The summed E-state index contributed by atoms with van der Waals surface area (Å²) in [4.78, 5) is 2.04. The first-order valence-electron chi connectivity index (χ1n) is 5.09. The van der Waals surface area contributed by atoms with E-state index in [1.165, 1.54) is 0 Å². The first-order valence-corrected chi connectivity index (χ1v) is 5.46. The van der Waals surface area contributed by atoms with Gasteiger partial charge in [-0.2, -0.15) is 12.2 Å². The summed E-state index contributed by atoms with van der Waals surface area (Å²) in [6.07, 6.45) is 5.23. The monoisotopic (exact) mass is 319 g/mol. The van der Waals surface area contributed by atoms with Gasteiger partial charge in [0.05, 0.1) is 0 Å². The van der Waals surface area contributed by atoms with Gasteiger partial charge in [0.25, 0.3) is 0 Å². The SMILES string of the molecule is C=C1C(C)=C[C-]=C(c2ccc(Cl)cc2)N1C.[Y]. The Balaban J connectivity index is 0.00000144. The van der Waals surface area contributed by atoms with Crippen molar-refractivity contribution in [1.29, 1.82) is 0 Å². The van der Waals surface area contributed by atoms with Crippen molar-refractivity contribution in [2.24, 2.45) is 0 Å². The van der Waals surface area contributed by atoms with E-state index < -0.39 is 0 Å². The molecular formula is C14H13ClNY-. The standard InChI is InChI=1S/C14H13ClN.Y/c1-10-4-9-14(16(3)11(10)2)12-5-7-13(15)8-6-12;/h4-8H,2H2,1,3H3;/q-1;. The number of benzene rings is 1. The van der Waals surface area contributed by atoms with E-state index in [2.05, 4.69) is 12.7 Å². The van der Waals surface area contributed by atoms with Crippen LogP contribution in [0.1, 0.15) is 12.5 Å². The van der Waals surface area contributed by atoms with Gasteiger partial charge >= 0.3 is 0 Å². The average Bonchev–Trinajstić information content (AvgIpc) is 2.28. The van der Waals surface area contributed by atoms with E-state index in [1.807, 2.05) is 49.2 Å². The molecule has 3 heteroatoms. The summed E-state index contributed by atoms with van der Waals surface area (Å²) in [5, 5.41) is 0.744. The fourth-order valence-electron chi connectivity index (χ4n) is 1.64. The summed E-state index contributed by atoms with van der Waals surface area (Å²) in [7, 11) is 2.00. The van der Waals surface area contributed by atoms with E-state index in [9.17, 15) is 0 Å². The Morgan fingerprint density at radius 2 is 1.82 bits per heavy atom. The van der Waals surface area contributed by atoms with Crippen molar-refractivity contribution in [1.82, 2.24) is 4.90 Å². The molecule has 1 nitrogen and oxygen atoms in total. The van der Waals surface area contributed by atoms with Gasteiger partial charge in [-0.1, -0.05) is 48.5 Å². The van der Waals surface area contributed by atoms with E-state index in [0.717, 1.165) is 27.6 Å². The summed E-state index contributed by atoms with van der Waals surface area (Å²) >= 11 is 5.87. The van der Waals surface area contributed by atoms with Crippen LogP contribution in [0.3, 0.4) is 0 Å². The van der Waals surface area contributed by atoms with Crippen molar-refractivity contribution >= 4 is 17.3 Å². The fourth-order valence-corrected chi connectivity index (χ4v) is 1.77. The first-order chi connectivity index (χ1) is 7.59. The van der Waals surface area contributed by atoms with Crippen molar-refractivity contribution in [3.63, 3.8) is 0 Å². The summed E-state index contributed by atoms with van der Waals surface area (Å²) in [6, 6.07) is 7.74. The molecule has 1 aliphatic heterocycles. The second kappa shape index (κ2) is 5.99. The third kappa shape index (κ3) is 3.10. The summed E-state index contributed by atoms with van der Waals surface area (Å²) < 4.78 is 0. The molecule has 0 fully saturated rings. The molecule has 0 aromatic heterocycles. The number of hydrogen-bond donors (Lipinski definition) is 0. The number of rotatable bonds is 1. The molecule has 1 aromatic carbocycles. The Hall–Kier alpha value is -0.366. The van der Waals surface area contributed by atoms with Crippen molar-refractivity contribution in [3.8, 4) is 0 Å². The topological polar surface area (TPSA) is 3.24 Å². The van der Waals surface area contributed by atoms with Gasteiger partial charge in [-0.15, -0.1) is 17.7 Å². The van der Waals surface area contributed by atoms with Crippen molar-refractivity contribution in [2.45, 2.75) is 6.92 Å². The van der Waals surface area contributed by atoms with E-state index in [0.29, 0.717) is 0 Å². The summed E-state index contributed by atoms with van der Waals surface area (Å²) in [5.41, 5.74) is 4.26. The molecule has 1 heterocycles. The molecule has 0 N–H and O–H groups in total. The van der Waals surface area contributed by atoms with Gasteiger partial charge < -0.3 is 4.90 Å². The maximum absolute atomic E-state index is 5.87. The van der Waals surface area contributed by atoms with Crippen LogP contribution in [0.15, 0.2) is 48.2 Å². The van der Waals surface area contributed by atoms with E-state index in [1.54, 1.807) is 0 Å². The minimum absolute atomic E-state index is 0. The molecule has 0 atom stereocenters. The molecule has 2 rings (SSSR count). The average molecular weight is 320 g/mol. The zero-order valence-corrected chi connectivity index (χ0v) is 13.6. The zero-order chi connectivity index (χ0) is 11.7. The zero-order valence-electron chi connectivity index (χ0n) is 10.00. The Kier molecular flexibility index (Phi) is 5.18. The molecule has 1 radical (unpaired) electrons. The van der Waals surface area contributed by atoms with Gasteiger partial charge in [-0.05, 0) is 5.70 Å². The third-order valence-electron chi connectivity index (χ3n) is 2.74. The molecule has 0 saturated heterocycles. The number of allylic oxidation sites excluding steroid dienone is 3. The Bertz CT molecular complexity index is 485. The first kappa shape index (κ1) is 14.7. The van der Waals surface area contributed by atoms with E-state index in [4.69, 9.17) is 11.6 Å². The molecule has 0 bridgehead atoms. The van der Waals surface area contributed by atoms with Crippen molar-refractivity contribution in [3.05, 3.63) is 64.9 Å². The van der Waals surface area contributed by atoms with Crippen LogP contribution in [0.2, 0.25) is 5.02 Å². The van der Waals surface area contributed by atoms with Gasteiger partial charge in [0.2, 0.25) is 0 Å². The Labute approximate surface area is 133 Å². The van der Waals surface area contributed by atoms with Gasteiger partial charge in [0, 0.05) is 44.8 Å². The van der Waals surface area contributed by atoms with E-state index in [-0.39, 0.29) is 32.7 Å². The van der Waals surface area contributed by atoms with Crippen LogP contribution in [0.25, 0.3) is 5.70 Å². The molecule has 1 aromatic rings. The van der Waals surface area contributed by atoms with Crippen LogP contribution < -0.4 is 0 Å². The minimum atomic E-state index is 0. The van der Waals surface area contributed by atoms with Crippen LogP contribution in [0.4, 0.5) is 0 Å². The second-order valence-corrected chi connectivity index (χ2v) is 4.27. The molecule has 17 heavy (non-hydrogen) atoms. The summed E-state index contributed by atoms with van der Waals surface area (Å²) in [5.74, 6) is 0. The molecule has 0 unspecified atom stereocenters. The maximum atomic E-state index is 5.87. The number of nitrogens with zero attached hydrogens (tertiary/aromatic N) is 1. The minimum Gasteiger partial charge on any atom is -0.378 e. The summed E-state index contributed by atoms with van der Waals surface area (Å²) in [6.45, 7) is 6.07. The van der Waals surface area contributed by atoms with Crippen LogP contribution in [-0.4, -0.2) is 11.9 Å². The van der Waals surface area contributed by atoms with Crippen LogP contribution in [-0.2, 0) is 32.7 Å². The van der Waals surface area contributed by atoms with Gasteiger partial charge in [-0.25, -0.2) is 0 Å². The smallest absolute Gasteiger partial charge is 0.0385 e. The van der Waals surface area contributed by atoms with Crippen LogP contribution in [0, 0.1) is 6.08 Å². The molecule has 0 aliphatic carbocycles. The Morgan fingerprint density at radius 3 is 2.41 bits per heavy atom. The number of halogens is 1. The molecule has 0 amide bonds. The van der Waals surface area contributed by atoms with Crippen molar-refractivity contribution < 1.29 is 32.7 Å². The third-order valence-corrected chi connectivity index (χ3v) is 2.99. The fraction of sp³-hybridized carbons (Fsp3) is 0.143. The van der Waals surface area contributed by atoms with E-state index >= 15 is 0 Å².